The summed E-state index contributed by atoms with van der Waals surface area (Å²) in [5.41, 5.74) is -0.366. The number of carboxylic acids is 1. The summed E-state index contributed by atoms with van der Waals surface area (Å²) in [5.74, 6) is -2.21. The van der Waals surface area contributed by atoms with Gasteiger partial charge in [0.05, 0.1) is 18.1 Å². The molecular weight excluding hydrogens is 504 g/mol. The monoisotopic (exact) mass is 505 g/mol. The number of ether oxygens (including phenoxy) is 1. The molecule has 1 aromatic carbocycles. The van der Waals surface area contributed by atoms with Crippen LogP contribution in [0, 0.1) is 0 Å². The average Bonchev–Trinajstić information content (AvgIpc) is 2.30. The van der Waals surface area contributed by atoms with Crippen LogP contribution in [0.2, 0.25) is 0 Å². The minimum atomic E-state index is -1.47. The van der Waals surface area contributed by atoms with Gasteiger partial charge in [-0.2, -0.15) is 0 Å². The lowest BCUT2D eigenvalue weighted by atomic mass is 10.1. The molecule has 0 radical (unpaired) electrons. The molecule has 98 valence electrons. The SMILES string of the molecule is CCOC(=O)c1c(Br)c(Br)c(Br)c(Br)c1C(=O)[O-]. The van der Waals surface area contributed by atoms with Gasteiger partial charge in [0, 0.05) is 23.5 Å². The Labute approximate surface area is 137 Å². The first-order valence-corrected chi connectivity index (χ1v) is 7.74. The van der Waals surface area contributed by atoms with E-state index in [1.54, 1.807) is 6.92 Å². The summed E-state index contributed by atoms with van der Waals surface area (Å²) in [4.78, 5) is 23.0. The molecule has 0 bridgehead atoms. The van der Waals surface area contributed by atoms with E-state index in [0.717, 1.165) is 0 Å². The normalized spacial score (nSPS) is 10.3. The van der Waals surface area contributed by atoms with E-state index in [1.807, 2.05) is 0 Å². The van der Waals surface area contributed by atoms with Crippen LogP contribution in [-0.4, -0.2) is 18.5 Å². The lowest BCUT2D eigenvalue weighted by Crippen LogP contribution is -2.26. The second-order valence-corrected chi connectivity index (χ2v) is 6.19. The van der Waals surface area contributed by atoms with Crippen LogP contribution in [0.1, 0.15) is 27.6 Å². The van der Waals surface area contributed by atoms with Gasteiger partial charge in [-0.25, -0.2) is 4.79 Å². The van der Waals surface area contributed by atoms with E-state index in [2.05, 4.69) is 63.7 Å². The van der Waals surface area contributed by atoms with Gasteiger partial charge in [-0.05, 0) is 70.6 Å². The fraction of sp³-hybridized carbons (Fsp3) is 0.200. The van der Waals surface area contributed by atoms with Crippen molar-refractivity contribution in [3.05, 3.63) is 29.0 Å². The first kappa shape index (κ1) is 16.1. The van der Waals surface area contributed by atoms with E-state index in [0.29, 0.717) is 8.95 Å². The molecule has 0 aromatic heterocycles. The maximum absolute atomic E-state index is 11.8. The van der Waals surface area contributed by atoms with Gasteiger partial charge >= 0.3 is 5.97 Å². The third-order valence-corrected chi connectivity index (χ3v) is 6.72. The first-order valence-electron chi connectivity index (χ1n) is 4.57. The smallest absolute Gasteiger partial charge is 0.340 e. The molecule has 1 aromatic rings. The molecule has 0 unspecified atom stereocenters. The number of carbonyl (C=O) groups is 2. The Morgan fingerprint density at radius 1 is 1.00 bits per heavy atom. The molecule has 8 heteroatoms. The fourth-order valence-corrected chi connectivity index (χ4v) is 3.66. The van der Waals surface area contributed by atoms with Crippen molar-refractivity contribution in [1.29, 1.82) is 0 Å². The van der Waals surface area contributed by atoms with Gasteiger partial charge in [0.1, 0.15) is 0 Å². The highest BCUT2D eigenvalue weighted by Gasteiger charge is 2.25. The average molecular weight is 509 g/mol. The quantitative estimate of drug-likeness (QED) is 0.357. The minimum Gasteiger partial charge on any atom is -0.545 e. The topological polar surface area (TPSA) is 66.4 Å². The maximum atomic E-state index is 11.8. The summed E-state index contributed by atoms with van der Waals surface area (Å²) in [6.07, 6.45) is 0. The van der Waals surface area contributed by atoms with Crippen molar-refractivity contribution in [3.8, 4) is 0 Å². The Morgan fingerprint density at radius 3 is 1.83 bits per heavy atom. The van der Waals surface area contributed by atoms with Gasteiger partial charge in [0.15, 0.2) is 0 Å². The summed E-state index contributed by atoms with van der Waals surface area (Å²) in [6.45, 7) is 1.77. The number of esters is 1. The Bertz CT molecular complexity index is 527. The lowest BCUT2D eigenvalue weighted by molar-refractivity contribution is -0.255. The van der Waals surface area contributed by atoms with Crippen LogP contribution in [0.25, 0.3) is 0 Å². The van der Waals surface area contributed by atoms with Gasteiger partial charge in [-0.3, -0.25) is 0 Å². The van der Waals surface area contributed by atoms with Crippen molar-refractivity contribution in [1.82, 2.24) is 0 Å². The zero-order chi connectivity index (χ0) is 14.0. The van der Waals surface area contributed by atoms with Crippen LogP contribution in [0.15, 0.2) is 17.9 Å². The van der Waals surface area contributed by atoms with E-state index in [9.17, 15) is 14.7 Å². The van der Waals surface area contributed by atoms with Gasteiger partial charge in [-0.1, -0.05) is 0 Å². The Balaban J connectivity index is 3.67. The molecule has 0 atom stereocenters. The number of benzene rings is 1. The van der Waals surface area contributed by atoms with E-state index in [4.69, 9.17) is 4.74 Å². The molecule has 0 heterocycles. The number of carbonyl (C=O) groups excluding carboxylic acids is 2. The third kappa shape index (κ3) is 2.97. The lowest BCUT2D eigenvalue weighted by Gasteiger charge is -2.16. The highest BCUT2D eigenvalue weighted by atomic mass is 79.9. The highest BCUT2D eigenvalue weighted by molar-refractivity contribution is 9.15. The molecule has 0 saturated heterocycles. The van der Waals surface area contributed by atoms with Crippen molar-refractivity contribution in [2.24, 2.45) is 0 Å². The fourth-order valence-electron chi connectivity index (χ4n) is 1.22. The van der Waals surface area contributed by atoms with Crippen molar-refractivity contribution < 1.29 is 19.4 Å². The summed E-state index contributed by atoms with van der Waals surface area (Å²) in [5, 5.41) is 11.2. The summed E-state index contributed by atoms with van der Waals surface area (Å²) < 4.78 is 6.29. The molecule has 0 amide bonds. The first-order chi connectivity index (χ1) is 8.32. The van der Waals surface area contributed by atoms with Crippen LogP contribution >= 0.6 is 63.7 Å². The van der Waals surface area contributed by atoms with Crippen molar-refractivity contribution >= 4 is 75.7 Å². The highest BCUT2D eigenvalue weighted by Crippen LogP contribution is 2.42. The van der Waals surface area contributed by atoms with Crippen LogP contribution in [0.4, 0.5) is 0 Å². The van der Waals surface area contributed by atoms with Crippen LogP contribution in [0.3, 0.4) is 0 Å². The largest absolute Gasteiger partial charge is 0.545 e. The molecule has 0 N–H and O–H groups in total. The van der Waals surface area contributed by atoms with Crippen LogP contribution < -0.4 is 5.11 Å². The van der Waals surface area contributed by atoms with Crippen molar-refractivity contribution in [3.63, 3.8) is 0 Å². The van der Waals surface area contributed by atoms with Gasteiger partial charge in [0.25, 0.3) is 0 Å². The second-order valence-electron chi connectivity index (χ2n) is 3.01. The number of rotatable bonds is 3. The molecule has 0 spiro atoms. The molecule has 18 heavy (non-hydrogen) atoms. The van der Waals surface area contributed by atoms with E-state index >= 15 is 0 Å². The molecule has 0 fully saturated rings. The Kier molecular flexibility index (Phi) is 5.82. The minimum absolute atomic E-state index is 0.0983. The Hall–Kier alpha value is 0.0800. The summed E-state index contributed by atoms with van der Waals surface area (Å²) in [7, 11) is 0. The second kappa shape index (κ2) is 6.49. The van der Waals surface area contributed by atoms with Crippen LogP contribution in [-0.2, 0) is 4.74 Å². The number of hydrogen-bond donors (Lipinski definition) is 0. The Morgan fingerprint density at radius 2 is 1.44 bits per heavy atom. The van der Waals surface area contributed by atoms with Gasteiger partial charge < -0.3 is 14.6 Å². The molecule has 0 aliphatic rings. The van der Waals surface area contributed by atoms with E-state index in [-0.39, 0.29) is 26.7 Å². The van der Waals surface area contributed by atoms with Crippen LogP contribution in [0.5, 0.6) is 0 Å². The van der Waals surface area contributed by atoms with E-state index < -0.39 is 11.9 Å². The number of halogens is 4. The number of carboxylic acid groups (broad SMARTS) is 1. The molecule has 0 aliphatic heterocycles. The zero-order valence-corrected chi connectivity index (χ0v) is 15.2. The molecule has 1 rings (SSSR count). The van der Waals surface area contributed by atoms with Crippen molar-refractivity contribution in [2.45, 2.75) is 6.92 Å². The summed E-state index contributed by atoms with van der Waals surface area (Å²) in [6, 6.07) is 0. The predicted molar refractivity (Wildman–Crippen MR) is 77.5 cm³/mol. The zero-order valence-electron chi connectivity index (χ0n) is 8.85. The van der Waals surface area contributed by atoms with Gasteiger partial charge in [0.2, 0.25) is 0 Å². The molecular formula is C10H5Br4O4-. The predicted octanol–water partition coefficient (Wildman–Crippen LogP) is 3.28. The van der Waals surface area contributed by atoms with Gasteiger partial charge in [-0.15, -0.1) is 0 Å². The van der Waals surface area contributed by atoms with E-state index in [1.165, 1.54) is 0 Å². The maximum Gasteiger partial charge on any atom is 0.340 e. The molecule has 0 saturated carbocycles. The molecule has 4 nitrogen and oxygen atoms in total. The molecule has 0 aliphatic carbocycles. The standard InChI is InChI=1S/C10H6Br4O4/c1-2-18-10(17)4-3(9(15)16)5(11)7(13)8(14)6(4)12/h2H2,1H3,(H,15,16)/p-1. The number of aromatic carboxylic acids is 1. The van der Waals surface area contributed by atoms with Crippen molar-refractivity contribution in [2.75, 3.05) is 6.61 Å². The third-order valence-electron chi connectivity index (χ3n) is 1.95. The summed E-state index contributed by atoms with van der Waals surface area (Å²) >= 11 is 12.7. The number of hydrogen-bond acceptors (Lipinski definition) is 4.